The minimum absolute atomic E-state index is 0.356. The topological polar surface area (TPSA) is 69.9 Å². The first kappa shape index (κ1) is 14.9. The molecule has 20 heavy (non-hydrogen) atoms. The molecule has 0 saturated carbocycles. The standard InChI is InChI=1S/C12H12BrClN4O2/c1-7-9(12(14)19)3-4-10(13)11(7)20-6-5-18-16-8(2)15-17-18/h3-4H,5-6H2,1-2H3. The maximum absolute atomic E-state index is 11.3. The molecule has 0 bridgehead atoms. The molecule has 0 aliphatic carbocycles. The van der Waals surface area contributed by atoms with Gasteiger partial charge in [-0.1, -0.05) is 0 Å². The van der Waals surface area contributed by atoms with Gasteiger partial charge < -0.3 is 4.74 Å². The van der Waals surface area contributed by atoms with Gasteiger partial charge in [-0.25, -0.2) is 0 Å². The van der Waals surface area contributed by atoms with Crippen LogP contribution in [0.25, 0.3) is 0 Å². The Morgan fingerprint density at radius 3 is 2.80 bits per heavy atom. The van der Waals surface area contributed by atoms with Gasteiger partial charge in [-0.3, -0.25) is 4.79 Å². The molecule has 0 N–H and O–H groups in total. The van der Waals surface area contributed by atoms with Crippen molar-refractivity contribution in [1.82, 2.24) is 20.2 Å². The predicted molar refractivity (Wildman–Crippen MR) is 77.1 cm³/mol. The fourth-order valence-corrected chi connectivity index (χ4v) is 2.44. The predicted octanol–water partition coefficient (Wildman–Crippen LogP) is 2.51. The Morgan fingerprint density at radius 2 is 2.20 bits per heavy atom. The van der Waals surface area contributed by atoms with Gasteiger partial charge in [0.25, 0.3) is 5.24 Å². The highest BCUT2D eigenvalue weighted by molar-refractivity contribution is 9.10. The van der Waals surface area contributed by atoms with Gasteiger partial charge in [0.1, 0.15) is 12.4 Å². The summed E-state index contributed by atoms with van der Waals surface area (Å²) in [5.41, 5.74) is 1.13. The van der Waals surface area contributed by atoms with Crippen LogP contribution in [-0.2, 0) is 6.54 Å². The first-order chi connectivity index (χ1) is 9.49. The Labute approximate surface area is 129 Å². The molecule has 0 saturated heterocycles. The summed E-state index contributed by atoms with van der Waals surface area (Å²) in [5.74, 6) is 1.20. The number of nitrogens with zero attached hydrogens (tertiary/aromatic N) is 4. The number of hydrogen-bond donors (Lipinski definition) is 0. The molecule has 0 radical (unpaired) electrons. The van der Waals surface area contributed by atoms with Crippen molar-refractivity contribution in [2.75, 3.05) is 6.61 Å². The number of rotatable bonds is 5. The summed E-state index contributed by atoms with van der Waals surface area (Å²) < 4.78 is 6.45. The van der Waals surface area contributed by atoms with E-state index in [-0.39, 0.29) is 0 Å². The average Bonchev–Trinajstić information content (AvgIpc) is 2.78. The van der Waals surface area contributed by atoms with E-state index in [4.69, 9.17) is 16.3 Å². The summed E-state index contributed by atoms with van der Waals surface area (Å²) in [7, 11) is 0. The van der Waals surface area contributed by atoms with Crippen LogP contribution in [0.2, 0.25) is 0 Å². The summed E-state index contributed by atoms with van der Waals surface area (Å²) in [5, 5.41) is 11.2. The van der Waals surface area contributed by atoms with Gasteiger partial charge in [0.15, 0.2) is 5.82 Å². The first-order valence-corrected chi connectivity index (χ1v) is 7.02. The molecule has 1 aromatic carbocycles. The average molecular weight is 360 g/mol. The van der Waals surface area contributed by atoms with Gasteiger partial charge >= 0.3 is 0 Å². The Kier molecular flexibility index (Phi) is 4.72. The van der Waals surface area contributed by atoms with Crippen molar-refractivity contribution in [3.63, 3.8) is 0 Å². The number of halogens is 2. The molecule has 6 nitrogen and oxygen atoms in total. The number of tetrazole rings is 1. The fraction of sp³-hybridized carbons (Fsp3) is 0.333. The van der Waals surface area contributed by atoms with Gasteiger partial charge in [-0.2, -0.15) is 4.80 Å². The third-order valence-corrected chi connectivity index (χ3v) is 3.49. The molecule has 8 heteroatoms. The van der Waals surface area contributed by atoms with Crippen LogP contribution < -0.4 is 4.74 Å². The summed E-state index contributed by atoms with van der Waals surface area (Å²) in [6.07, 6.45) is 0. The lowest BCUT2D eigenvalue weighted by molar-refractivity contribution is 0.108. The van der Waals surface area contributed by atoms with Gasteiger partial charge in [0.2, 0.25) is 0 Å². The molecule has 1 aromatic heterocycles. The highest BCUT2D eigenvalue weighted by atomic mass is 79.9. The van der Waals surface area contributed by atoms with E-state index >= 15 is 0 Å². The molecular formula is C12H12BrClN4O2. The molecule has 2 rings (SSSR count). The van der Waals surface area contributed by atoms with Crippen molar-refractivity contribution in [2.45, 2.75) is 20.4 Å². The Morgan fingerprint density at radius 1 is 1.45 bits per heavy atom. The number of benzene rings is 1. The molecule has 0 fully saturated rings. The van der Waals surface area contributed by atoms with Crippen LogP contribution in [0.15, 0.2) is 16.6 Å². The maximum Gasteiger partial charge on any atom is 0.252 e. The summed E-state index contributed by atoms with van der Waals surface area (Å²) >= 11 is 8.91. The smallest absolute Gasteiger partial charge is 0.252 e. The Bertz CT molecular complexity index is 644. The monoisotopic (exact) mass is 358 g/mol. The van der Waals surface area contributed by atoms with E-state index in [9.17, 15) is 4.79 Å². The van der Waals surface area contributed by atoms with Crippen LogP contribution in [0.3, 0.4) is 0 Å². The van der Waals surface area contributed by atoms with Crippen LogP contribution in [0, 0.1) is 13.8 Å². The summed E-state index contributed by atoms with van der Waals surface area (Å²) in [6, 6.07) is 3.39. The fourth-order valence-electron chi connectivity index (χ4n) is 1.70. The second-order valence-electron chi connectivity index (χ2n) is 4.10. The van der Waals surface area contributed by atoms with Crippen molar-refractivity contribution >= 4 is 32.8 Å². The molecule has 2 aromatic rings. The van der Waals surface area contributed by atoms with E-state index in [0.29, 0.717) is 35.9 Å². The van der Waals surface area contributed by atoms with Gasteiger partial charge in [0.05, 0.1) is 11.0 Å². The Hall–Kier alpha value is -1.47. The number of carbonyl (C=O) groups excluding carboxylic acids is 1. The van der Waals surface area contributed by atoms with Crippen molar-refractivity contribution in [3.8, 4) is 5.75 Å². The zero-order chi connectivity index (χ0) is 14.7. The van der Waals surface area contributed by atoms with Crippen LogP contribution in [-0.4, -0.2) is 32.1 Å². The quantitative estimate of drug-likeness (QED) is 0.767. The van der Waals surface area contributed by atoms with Gasteiger partial charge in [-0.05, 0) is 58.7 Å². The number of aryl methyl sites for hydroxylation is 1. The molecular weight excluding hydrogens is 348 g/mol. The molecule has 1 heterocycles. The number of ether oxygens (including phenoxy) is 1. The van der Waals surface area contributed by atoms with Crippen molar-refractivity contribution in [3.05, 3.63) is 33.6 Å². The van der Waals surface area contributed by atoms with E-state index in [1.54, 1.807) is 26.0 Å². The highest BCUT2D eigenvalue weighted by Gasteiger charge is 2.14. The van der Waals surface area contributed by atoms with Gasteiger partial charge in [-0.15, -0.1) is 10.2 Å². The number of carbonyl (C=O) groups is 1. The second kappa shape index (κ2) is 6.32. The third kappa shape index (κ3) is 3.34. The van der Waals surface area contributed by atoms with Gasteiger partial charge in [0, 0.05) is 11.1 Å². The minimum Gasteiger partial charge on any atom is -0.490 e. The maximum atomic E-state index is 11.3. The lowest BCUT2D eigenvalue weighted by Gasteiger charge is -2.12. The lowest BCUT2D eigenvalue weighted by atomic mass is 10.1. The second-order valence-corrected chi connectivity index (χ2v) is 5.30. The lowest BCUT2D eigenvalue weighted by Crippen LogP contribution is -2.12. The van der Waals surface area contributed by atoms with Crippen LogP contribution in [0.4, 0.5) is 0 Å². The molecule has 0 spiro atoms. The van der Waals surface area contributed by atoms with Crippen molar-refractivity contribution in [2.24, 2.45) is 0 Å². The van der Waals surface area contributed by atoms with Crippen LogP contribution in [0.5, 0.6) is 5.75 Å². The molecule has 0 amide bonds. The van der Waals surface area contributed by atoms with E-state index in [1.165, 1.54) is 4.80 Å². The molecule has 106 valence electrons. The summed E-state index contributed by atoms with van der Waals surface area (Å²) in [4.78, 5) is 12.7. The zero-order valence-corrected chi connectivity index (χ0v) is 13.3. The highest BCUT2D eigenvalue weighted by Crippen LogP contribution is 2.31. The molecule has 0 aliphatic heterocycles. The van der Waals surface area contributed by atoms with Crippen LogP contribution >= 0.6 is 27.5 Å². The van der Waals surface area contributed by atoms with Crippen molar-refractivity contribution < 1.29 is 9.53 Å². The van der Waals surface area contributed by atoms with E-state index < -0.39 is 5.24 Å². The van der Waals surface area contributed by atoms with E-state index in [0.717, 1.165) is 4.47 Å². The normalized spacial score (nSPS) is 10.6. The molecule has 0 atom stereocenters. The first-order valence-electron chi connectivity index (χ1n) is 5.85. The van der Waals surface area contributed by atoms with E-state index in [1.807, 2.05) is 0 Å². The molecule has 0 aliphatic rings. The summed E-state index contributed by atoms with van der Waals surface area (Å²) in [6.45, 7) is 4.37. The largest absolute Gasteiger partial charge is 0.490 e. The minimum atomic E-state index is -0.506. The zero-order valence-electron chi connectivity index (χ0n) is 10.9. The van der Waals surface area contributed by atoms with E-state index in [2.05, 4.69) is 31.3 Å². The van der Waals surface area contributed by atoms with Crippen LogP contribution in [0.1, 0.15) is 21.7 Å². The molecule has 0 unspecified atom stereocenters. The number of aromatic nitrogens is 4. The Balaban J connectivity index is 2.09. The SMILES string of the molecule is Cc1nnn(CCOc2c(Br)ccc(C(=O)Cl)c2C)n1. The number of hydrogen-bond acceptors (Lipinski definition) is 5. The van der Waals surface area contributed by atoms with Crippen molar-refractivity contribution in [1.29, 1.82) is 0 Å². The third-order valence-electron chi connectivity index (χ3n) is 2.66.